The second-order valence-corrected chi connectivity index (χ2v) is 4.80. The first-order valence-electron chi connectivity index (χ1n) is 5.13. The quantitative estimate of drug-likeness (QED) is 0.538. The highest BCUT2D eigenvalue weighted by molar-refractivity contribution is 7.99. The molecule has 4 nitrogen and oxygen atoms in total. The minimum absolute atomic E-state index is 0.587. The fourth-order valence-corrected chi connectivity index (χ4v) is 2.04. The standard InChI is InChI=1S/C9H18N4S/c1-4-5-6-14-9-10-11-12-13(9)7-8(2)3/h8H,4-7H2,1-3H3. The number of rotatable bonds is 6. The smallest absolute Gasteiger partial charge is 0.209 e. The average Bonchev–Trinajstić information content (AvgIpc) is 2.52. The maximum Gasteiger partial charge on any atom is 0.209 e. The van der Waals surface area contributed by atoms with Crippen molar-refractivity contribution in [3.05, 3.63) is 0 Å². The molecular weight excluding hydrogens is 196 g/mol. The highest BCUT2D eigenvalue weighted by Gasteiger charge is 2.07. The van der Waals surface area contributed by atoms with Crippen LogP contribution < -0.4 is 0 Å². The van der Waals surface area contributed by atoms with Crippen LogP contribution in [0.25, 0.3) is 0 Å². The van der Waals surface area contributed by atoms with Gasteiger partial charge in [0.15, 0.2) is 0 Å². The number of hydrogen-bond donors (Lipinski definition) is 0. The number of thioether (sulfide) groups is 1. The molecule has 0 aliphatic heterocycles. The average molecular weight is 214 g/mol. The van der Waals surface area contributed by atoms with E-state index in [1.54, 1.807) is 11.8 Å². The summed E-state index contributed by atoms with van der Waals surface area (Å²) >= 11 is 1.75. The van der Waals surface area contributed by atoms with Crippen LogP contribution in [0.15, 0.2) is 5.16 Å². The summed E-state index contributed by atoms with van der Waals surface area (Å²) in [5, 5.41) is 12.6. The van der Waals surface area contributed by atoms with Gasteiger partial charge >= 0.3 is 0 Å². The second-order valence-electron chi connectivity index (χ2n) is 3.74. The predicted octanol–water partition coefficient (Wildman–Crippen LogP) is 2.22. The Hall–Kier alpha value is -0.580. The topological polar surface area (TPSA) is 43.6 Å². The molecule has 1 aromatic heterocycles. The summed E-state index contributed by atoms with van der Waals surface area (Å²) in [6, 6.07) is 0. The molecule has 0 spiro atoms. The van der Waals surface area contributed by atoms with Crippen molar-refractivity contribution in [1.29, 1.82) is 0 Å². The van der Waals surface area contributed by atoms with Crippen LogP contribution >= 0.6 is 11.8 Å². The van der Waals surface area contributed by atoms with E-state index in [0.29, 0.717) is 5.92 Å². The van der Waals surface area contributed by atoms with E-state index in [1.165, 1.54) is 12.8 Å². The third-order valence-electron chi connectivity index (χ3n) is 1.77. The van der Waals surface area contributed by atoms with Crippen LogP contribution in [0.3, 0.4) is 0 Å². The first kappa shape index (κ1) is 11.5. The third-order valence-corrected chi connectivity index (χ3v) is 2.81. The molecule has 0 aromatic carbocycles. The zero-order chi connectivity index (χ0) is 10.4. The van der Waals surface area contributed by atoms with Crippen LogP contribution in [0.4, 0.5) is 0 Å². The van der Waals surface area contributed by atoms with Crippen LogP contribution in [0.1, 0.15) is 33.6 Å². The van der Waals surface area contributed by atoms with E-state index in [1.807, 2.05) is 4.68 Å². The van der Waals surface area contributed by atoms with Crippen LogP contribution in [0.2, 0.25) is 0 Å². The SMILES string of the molecule is CCCCSc1nnnn1CC(C)C. The predicted molar refractivity (Wildman–Crippen MR) is 58.3 cm³/mol. The van der Waals surface area contributed by atoms with E-state index in [9.17, 15) is 0 Å². The molecule has 14 heavy (non-hydrogen) atoms. The van der Waals surface area contributed by atoms with Gasteiger partial charge in [-0.15, -0.1) is 5.10 Å². The number of unbranched alkanes of at least 4 members (excludes halogenated alkanes) is 1. The van der Waals surface area contributed by atoms with E-state index in [4.69, 9.17) is 0 Å². The largest absolute Gasteiger partial charge is 0.220 e. The van der Waals surface area contributed by atoms with Gasteiger partial charge in [-0.25, -0.2) is 4.68 Å². The lowest BCUT2D eigenvalue weighted by Gasteiger charge is -2.05. The van der Waals surface area contributed by atoms with Crippen molar-refractivity contribution in [2.45, 2.75) is 45.3 Å². The first-order valence-corrected chi connectivity index (χ1v) is 6.11. The molecule has 0 fully saturated rings. The van der Waals surface area contributed by atoms with Gasteiger partial charge in [0, 0.05) is 12.3 Å². The fourth-order valence-electron chi connectivity index (χ4n) is 1.07. The van der Waals surface area contributed by atoms with E-state index >= 15 is 0 Å². The Bertz CT molecular complexity index is 259. The van der Waals surface area contributed by atoms with Crippen molar-refractivity contribution in [3.63, 3.8) is 0 Å². The van der Waals surface area contributed by atoms with Gasteiger partial charge in [0.05, 0.1) is 0 Å². The molecule has 1 aromatic rings. The number of tetrazole rings is 1. The zero-order valence-electron chi connectivity index (χ0n) is 9.10. The van der Waals surface area contributed by atoms with E-state index in [0.717, 1.165) is 17.5 Å². The maximum absolute atomic E-state index is 4.01. The van der Waals surface area contributed by atoms with Gasteiger partial charge < -0.3 is 0 Å². The Morgan fingerprint density at radius 3 is 2.86 bits per heavy atom. The molecule has 1 rings (SSSR count). The Kier molecular flexibility index (Phi) is 4.93. The van der Waals surface area contributed by atoms with Gasteiger partial charge in [0.2, 0.25) is 5.16 Å². The molecule has 0 atom stereocenters. The molecule has 0 aliphatic rings. The van der Waals surface area contributed by atoms with Gasteiger partial charge in [-0.1, -0.05) is 39.0 Å². The molecule has 0 N–H and O–H groups in total. The number of aromatic nitrogens is 4. The molecule has 5 heteroatoms. The summed E-state index contributed by atoms with van der Waals surface area (Å²) < 4.78 is 1.89. The second kappa shape index (κ2) is 6.01. The van der Waals surface area contributed by atoms with Crippen molar-refractivity contribution in [2.75, 3.05) is 5.75 Å². The van der Waals surface area contributed by atoms with E-state index < -0.39 is 0 Å². The van der Waals surface area contributed by atoms with Crippen molar-refractivity contribution in [2.24, 2.45) is 5.92 Å². The van der Waals surface area contributed by atoms with Crippen LogP contribution in [-0.2, 0) is 6.54 Å². The summed E-state index contributed by atoms with van der Waals surface area (Å²) in [5.74, 6) is 1.69. The highest BCUT2D eigenvalue weighted by atomic mass is 32.2. The molecule has 0 bridgehead atoms. The Morgan fingerprint density at radius 2 is 2.21 bits per heavy atom. The molecule has 0 aliphatic carbocycles. The van der Waals surface area contributed by atoms with Crippen molar-refractivity contribution < 1.29 is 0 Å². The minimum Gasteiger partial charge on any atom is -0.220 e. The van der Waals surface area contributed by atoms with E-state index in [-0.39, 0.29) is 0 Å². The number of nitrogens with zero attached hydrogens (tertiary/aromatic N) is 4. The number of hydrogen-bond acceptors (Lipinski definition) is 4. The van der Waals surface area contributed by atoms with E-state index in [2.05, 4.69) is 36.3 Å². The molecule has 0 saturated carbocycles. The first-order chi connectivity index (χ1) is 6.74. The lowest BCUT2D eigenvalue weighted by molar-refractivity contribution is 0.445. The summed E-state index contributed by atoms with van der Waals surface area (Å²) in [6.07, 6.45) is 2.44. The Balaban J connectivity index is 2.45. The minimum atomic E-state index is 0.587. The van der Waals surface area contributed by atoms with Gasteiger partial charge in [-0.2, -0.15) is 0 Å². The zero-order valence-corrected chi connectivity index (χ0v) is 9.92. The Labute approximate surface area is 89.5 Å². The van der Waals surface area contributed by atoms with Gasteiger partial charge in [-0.3, -0.25) is 0 Å². The summed E-state index contributed by atoms with van der Waals surface area (Å²) in [6.45, 7) is 7.43. The summed E-state index contributed by atoms with van der Waals surface area (Å²) in [4.78, 5) is 0. The maximum atomic E-state index is 4.01. The monoisotopic (exact) mass is 214 g/mol. The van der Waals surface area contributed by atoms with Gasteiger partial charge in [-0.05, 0) is 22.8 Å². The molecule has 0 amide bonds. The van der Waals surface area contributed by atoms with Crippen LogP contribution in [0.5, 0.6) is 0 Å². The lowest BCUT2D eigenvalue weighted by atomic mass is 10.2. The van der Waals surface area contributed by atoms with Crippen LogP contribution in [-0.4, -0.2) is 26.0 Å². The molecule has 0 radical (unpaired) electrons. The molecule has 0 saturated heterocycles. The van der Waals surface area contributed by atoms with Gasteiger partial charge in [0.1, 0.15) is 0 Å². The normalized spacial score (nSPS) is 11.1. The third kappa shape index (κ3) is 3.65. The van der Waals surface area contributed by atoms with Crippen LogP contribution in [0, 0.1) is 5.92 Å². The molecule has 0 unspecified atom stereocenters. The van der Waals surface area contributed by atoms with Crippen molar-refractivity contribution in [3.8, 4) is 0 Å². The fraction of sp³-hybridized carbons (Fsp3) is 0.889. The highest BCUT2D eigenvalue weighted by Crippen LogP contribution is 2.16. The molecular formula is C9H18N4S. The Morgan fingerprint density at radius 1 is 1.43 bits per heavy atom. The van der Waals surface area contributed by atoms with Crippen molar-refractivity contribution in [1.82, 2.24) is 20.2 Å². The van der Waals surface area contributed by atoms with Gasteiger partial charge in [0.25, 0.3) is 0 Å². The van der Waals surface area contributed by atoms with Crippen molar-refractivity contribution >= 4 is 11.8 Å². The summed E-state index contributed by atoms with van der Waals surface area (Å²) in [7, 11) is 0. The summed E-state index contributed by atoms with van der Waals surface area (Å²) in [5.41, 5.74) is 0. The molecule has 80 valence electrons. The lowest BCUT2D eigenvalue weighted by Crippen LogP contribution is -2.07. The molecule has 1 heterocycles.